The summed E-state index contributed by atoms with van der Waals surface area (Å²) < 4.78 is 5.33. The van der Waals surface area contributed by atoms with E-state index in [9.17, 15) is 0 Å². The molecule has 0 fully saturated rings. The van der Waals surface area contributed by atoms with Gasteiger partial charge >= 0.3 is 0 Å². The molecule has 3 aromatic carbocycles. The zero-order valence-electron chi connectivity index (χ0n) is 10.5. The van der Waals surface area contributed by atoms with Crippen molar-refractivity contribution in [1.29, 1.82) is 0 Å². The minimum atomic E-state index is 0.957. The number of hydrogen-bond donors (Lipinski definition) is 0. The molecule has 0 saturated heterocycles. The first-order valence-corrected chi connectivity index (χ1v) is 6.30. The molecule has 0 atom stereocenters. The summed E-state index contributed by atoms with van der Waals surface area (Å²) in [5.74, 6) is 0. The van der Waals surface area contributed by atoms with Gasteiger partial charge in [0.25, 0.3) is 0 Å². The predicted molar refractivity (Wildman–Crippen MR) is 80.2 cm³/mol. The van der Waals surface area contributed by atoms with Crippen molar-refractivity contribution in [2.75, 3.05) is 0 Å². The third-order valence-corrected chi connectivity index (χ3v) is 3.03. The van der Waals surface area contributed by atoms with Crippen LogP contribution in [0.2, 0.25) is 0 Å². The van der Waals surface area contributed by atoms with Crippen LogP contribution in [-0.4, -0.2) is 0 Å². The van der Waals surface area contributed by atoms with Gasteiger partial charge in [0.05, 0.1) is 6.26 Å². The largest absolute Gasteiger partial charge is 0.464 e. The summed E-state index contributed by atoms with van der Waals surface area (Å²) in [7, 11) is 0. The molecule has 4 rings (SSSR count). The zero-order chi connectivity index (χ0) is 12.9. The Hall–Kier alpha value is -2.54. The molecule has 0 spiro atoms. The van der Waals surface area contributed by atoms with Gasteiger partial charge in [0, 0.05) is 5.39 Å². The quantitative estimate of drug-likeness (QED) is 0.412. The molecule has 92 valence electrons. The Morgan fingerprint density at radius 1 is 0.526 bits per heavy atom. The summed E-state index contributed by atoms with van der Waals surface area (Å²) in [6.45, 7) is 0. The first-order valence-electron chi connectivity index (χ1n) is 6.30. The van der Waals surface area contributed by atoms with Gasteiger partial charge in [-0.05, 0) is 22.9 Å². The first-order chi connectivity index (χ1) is 9.45. The smallest absolute Gasteiger partial charge is 0.134 e. The Bertz CT molecular complexity index is 742. The van der Waals surface area contributed by atoms with Gasteiger partial charge in [0.1, 0.15) is 5.58 Å². The molecule has 1 heterocycles. The second kappa shape index (κ2) is 5.40. The van der Waals surface area contributed by atoms with Gasteiger partial charge in [-0.2, -0.15) is 0 Å². The van der Waals surface area contributed by atoms with E-state index in [1.54, 1.807) is 6.26 Å². The van der Waals surface area contributed by atoms with Gasteiger partial charge < -0.3 is 4.42 Å². The topological polar surface area (TPSA) is 13.1 Å². The van der Waals surface area contributed by atoms with E-state index in [-0.39, 0.29) is 0 Å². The molecule has 0 radical (unpaired) electrons. The Labute approximate surface area is 112 Å². The van der Waals surface area contributed by atoms with Crippen LogP contribution >= 0.6 is 0 Å². The third kappa shape index (κ3) is 2.50. The third-order valence-electron chi connectivity index (χ3n) is 3.03. The van der Waals surface area contributed by atoms with Gasteiger partial charge in [0.2, 0.25) is 0 Å². The van der Waals surface area contributed by atoms with E-state index in [0.717, 1.165) is 5.58 Å². The number of benzene rings is 3. The lowest BCUT2D eigenvalue weighted by Crippen LogP contribution is -1.71. The fourth-order valence-electron chi connectivity index (χ4n) is 2.11. The van der Waals surface area contributed by atoms with Crippen molar-refractivity contribution in [3.63, 3.8) is 0 Å². The standard InChI is InChI=1S/C12H8O.C6H6/c1-2-4-10-9(3-1)5-6-12-11(10)7-8-13-12;1-2-4-6-5-3-1/h1-8H;1-6H. The molecule has 1 heteroatoms. The molecule has 0 aliphatic heterocycles. The van der Waals surface area contributed by atoms with Gasteiger partial charge in [0.15, 0.2) is 0 Å². The lowest BCUT2D eigenvalue weighted by atomic mass is 10.1. The summed E-state index contributed by atoms with van der Waals surface area (Å²) in [5.41, 5.74) is 0.957. The SMILES string of the molecule is c1ccc2c(c1)ccc1occc12.c1ccccc1. The van der Waals surface area contributed by atoms with E-state index < -0.39 is 0 Å². The lowest BCUT2D eigenvalue weighted by molar-refractivity contribution is 0.616. The van der Waals surface area contributed by atoms with Crippen molar-refractivity contribution in [1.82, 2.24) is 0 Å². The predicted octanol–water partition coefficient (Wildman–Crippen LogP) is 5.27. The van der Waals surface area contributed by atoms with Gasteiger partial charge in [-0.15, -0.1) is 0 Å². The van der Waals surface area contributed by atoms with Crippen LogP contribution in [0.4, 0.5) is 0 Å². The maximum absolute atomic E-state index is 5.33. The highest BCUT2D eigenvalue weighted by Gasteiger charge is 2.00. The monoisotopic (exact) mass is 246 g/mol. The molecule has 0 aliphatic carbocycles. The second-order valence-electron chi connectivity index (χ2n) is 4.27. The van der Waals surface area contributed by atoms with Gasteiger partial charge in [-0.1, -0.05) is 66.7 Å². The van der Waals surface area contributed by atoms with Crippen molar-refractivity contribution in [3.05, 3.63) is 85.1 Å². The number of fused-ring (bicyclic) bond motifs is 3. The molecule has 0 N–H and O–H groups in total. The van der Waals surface area contributed by atoms with Crippen molar-refractivity contribution in [2.45, 2.75) is 0 Å². The normalized spacial score (nSPS) is 10.1. The highest BCUT2D eigenvalue weighted by Crippen LogP contribution is 2.25. The Morgan fingerprint density at radius 2 is 1.21 bits per heavy atom. The van der Waals surface area contributed by atoms with E-state index in [2.05, 4.69) is 24.3 Å². The van der Waals surface area contributed by atoms with Crippen LogP contribution in [0.1, 0.15) is 0 Å². The average Bonchev–Trinajstić information content (AvgIpc) is 2.99. The molecular weight excluding hydrogens is 232 g/mol. The first kappa shape index (κ1) is 11.5. The molecular formula is C18H14O. The molecule has 0 aliphatic rings. The van der Waals surface area contributed by atoms with Crippen molar-refractivity contribution in [3.8, 4) is 0 Å². The van der Waals surface area contributed by atoms with E-state index in [1.165, 1.54) is 16.2 Å². The Morgan fingerprint density at radius 3 is 1.95 bits per heavy atom. The van der Waals surface area contributed by atoms with Crippen LogP contribution < -0.4 is 0 Å². The van der Waals surface area contributed by atoms with Crippen molar-refractivity contribution >= 4 is 21.7 Å². The average molecular weight is 246 g/mol. The molecule has 1 nitrogen and oxygen atoms in total. The number of rotatable bonds is 0. The van der Waals surface area contributed by atoms with Crippen LogP contribution in [0, 0.1) is 0 Å². The van der Waals surface area contributed by atoms with Crippen molar-refractivity contribution in [2.24, 2.45) is 0 Å². The van der Waals surface area contributed by atoms with Crippen LogP contribution in [0.25, 0.3) is 21.7 Å². The summed E-state index contributed by atoms with van der Waals surface area (Å²) in [6.07, 6.45) is 1.73. The van der Waals surface area contributed by atoms with E-state index in [0.29, 0.717) is 0 Å². The molecule has 19 heavy (non-hydrogen) atoms. The molecule has 0 bridgehead atoms. The fraction of sp³-hybridized carbons (Fsp3) is 0. The summed E-state index contributed by atoms with van der Waals surface area (Å²) >= 11 is 0. The van der Waals surface area contributed by atoms with Crippen LogP contribution in [0.15, 0.2) is 89.5 Å². The summed E-state index contributed by atoms with van der Waals surface area (Å²) in [6, 6.07) is 26.4. The molecule has 4 aromatic rings. The maximum atomic E-state index is 5.33. The summed E-state index contributed by atoms with van der Waals surface area (Å²) in [4.78, 5) is 0. The van der Waals surface area contributed by atoms with Gasteiger partial charge in [-0.3, -0.25) is 0 Å². The zero-order valence-corrected chi connectivity index (χ0v) is 10.5. The van der Waals surface area contributed by atoms with E-state index in [4.69, 9.17) is 4.42 Å². The van der Waals surface area contributed by atoms with Crippen LogP contribution in [0.3, 0.4) is 0 Å². The van der Waals surface area contributed by atoms with Crippen molar-refractivity contribution < 1.29 is 4.42 Å². The Kier molecular flexibility index (Phi) is 3.28. The summed E-state index contributed by atoms with van der Waals surface area (Å²) in [5, 5.41) is 3.71. The molecule has 0 saturated carbocycles. The van der Waals surface area contributed by atoms with Crippen LogP contribution in [-0.2, 0) is 0 Å². The second-order valence-corrected chi connectivity index (χ2v) is 4.27. The minimum Gasteiger partial charge on any atom is -0.464 e. The van der Waals surface area contributed by atoms with Crippen LogP contribution in [0.5, 0.6) is 0 Å². The fourth-order valence-corrected chi connectivity index (χ4v) is 2.11. The molecule has 1 aromatic heterocycles. The number of hydrogen-bond acceptors (Lipinski definition) is 1. The minimum absolute atomic E-state index is 0.957. The maximum Gasteiger partial charge on any atom is 0.134 e. The highest BCUT2D eigenvalue weighted by atomic mass is 16.3. The van der Waals surface area contributed by atoms with E-state index in [1.807, 2.05) is 54.6 Å². The van der Waals surface area contributed by atoms with Gasteiger partial charge in [-0.25, -0.2) is 0 Å². The molecule has 0 amide bonds. The van der Waals surface area contributed by atoms with E-state index >= 15 is 0 Å². The number of furan rings is 1. The Balaban J connectivity index is 0.000000155. The lowest BCUT2D eigenvalue weighted by Gasteiger charge is -1.96. The molecule has 0 unspecified atom stereocenters. The highest BCUT2D eigenvalue weighted by molar-refractivity contribution is 6.05.